The van der Waals surface area contributed by atoms with E-state index in [-0.39, 0.29) is 5.91 Å². The van der Waals surface area contributed by atoms with Crippen molar-refractivity contribution in [3.05, 3.63) is 41.9 Å². The SMILES string of the molecule is CCc1nc(SCC(=O)NCCc2c[nH]c3ccccc23)n[nH]1. The first kappa shape index (κ1) is 15.6. The molecule has 0 radical (unpaired) electrons. The van der Waals surface area contributed by atoms with Crippen molar-refractivity contribution in [1.82, 2.24) is 25.5 Å². The molecule has 0 bridgehead atoms. The quantitative estimate of drug-likeness (QED) is 0.581. The number of benzene rings is 1. The number of rotatable bonds is 7. The molecule has 2 aromatic heterocycles. The van der Waals surface area contributed by atoms with Crippen molar-refractivity contribution in [3.63, 3.8) is 0 Å². The minimum Gasteiger partial charge on any atom is -0.361 e. The molecule has 3 N–H and O–H groups in total. The lowest BCUT2D eigenvalue weighted by Gasteiger charge is -2.03. The van der Waals surface area contributed by atoms with E-state index in [9.17, 15) is 4.79 Å². The van der Waals surface area contributed by atoms with E-state index in [4.69, 9.17) is 0 Å². The number of H-pyrrole nitrogens is 2. The third kappa shape index (κ3) is 3.92. The van der Waals surface area contributed by atoms with Gasteiger partial charge in [0.25, 0.3) is 0 Å². The predicted molar refractivity (Wildman–Crippen MR) is 91.5 cm³/mol. The topological polar surface area (TPSA) is 86.5 Å². The second-order valence-electron chi connectivity index (χ2n) is 5.17. The molecule has 0 aliphatic carbocycles. The van der Waals surface area contributed by atoms with Gasteiger partial charge < -0.3 is 10.3 Å². The van der Waals surface area contributed by atoms with Crippen LogP contribution < -0.4 is 5.32 Å². The minimum absolute atomic E-state index is 0.00214. The molecule has 0 aliphatic rings. The van der Waals surface area contributed by atoms with Gasteiger partial charge in [0, 0.05) is 30.1 Å². The van der Waals surface area contributed by atoms with Gasteiger partial charge >= 0.3 is 0 Å². The number of carbonyl (C=O) groups excluding carboxylic acids is 1. The van der Waals surface area contributed by atoms with E-state index in [2.05, 4.69) is 37.6 Å². The average molecular weight is 329 g/mol. The van der Waals surface area contributed by atoms with E-state index in [1.54, 1.807) is 0 Å². The zero-order valence-corrected chi connectivity index (χ0v) is 13.7. The fourth-order valence-electron chi connectivity index (χ4n) is 2.36. The van der Waals surface area contributed by atoms with Crippen LogP contribution in [0.25, 0.3) is 10.9 Å². The molecule has 6 nitrogen and oxygen atoms in total. The van der Waals surface area contributed by atoms with Crippen LogP contribution in [0.4, 0.5) is 0 Å². The fraction of sp³-hybridized carbons (Fsp3) is 0.312. The van der Waals surface area contributed by atoms with Crippen molar-refractivity contribution < 1.29 is 4.79 Å². The first-order chi connectivity index (χ1) is 11.3. The van der Waals surface area contributed by atoms with Crippen LogP contribution in [0.3, 0.4) is 0 Å². The molecule has 3 aromatic rings. The Morgan fingerprint density at radius 2 is 2.22 bits per heavy atom. The molecule has 120 valence electrons. The van der Waals surface area contributed by atoms with Crippen LogP contribution in [0.1, 0.15) is 18.3 Å². The summed E-state index contributed by atoms with van der Waals surface area (Å²) >= 11 is 1.34. The van der Waals surface area contributed by atoms with Gasteiger partial charge in [0.2, 0.25) is 11.1 Å². The highest BCUT2D eigenvalue weighted by Gasteiger charge is 2.07. The van der Waals surface area contributed by atoms with Crippen LogP contribution >= 0.6 is 11.8 Å². The molecule has 0 unspecified atom stereocenters. The van der Waals surface area contributed by atoms with Crippen molar-refractivity contribution >= 4 is 28.6 Å². The predicted octanol–water partition coefficient (Wildman–Crippen LogP) is 2.30. The van der Waals surface area contributed by atoms with Crippen molar-refractivity contribution in [2.24, 2.45) is 0 Å². The van der Waals surface area contributed by atoms with Crippen molar-refractivity contribution in [1.29, 1.82) is 0 Å². The normalized spacial score (nSPS) is 11.0. The van der Waals surface area contributed by atoms with Crippen molar-refractivity contribution in [2.45, 2.75) is 24.9 Å². The summed E-state index contributed by atoms with van der Waals surface area (Å²) in [6, 6.07) is 8.17. The van der Waals surface area contributed by atoms with Gasteiger partial charge in [-0.25, -0.2) is 4.98 Å². The summed E-state index contributed by atoms with van der Waals surface area (Å²) < 4.78 is 0. The zero-order chi connectivity index (χ0) is 16.1. The van der Waals surface area contributed by atoms with Crippen LogP contribution in [0.5, 0.6) is 0 Å². The Balaban J connectivity index is 1.44. The molecule has 23 heavy (non-hydrogen) atoms. The second kappa shape index (κ2) is 7.32. The first-order valence-corrected chi connectivity index (χ1v) is 8.60. The average Bonchev–Trinajstić information content (AvgIpc) is 3.20. The summed E-state index contributed by atoms with van der Waals surface area (Å²) in [6.45, 7) is 2.63. The van der Waals surface area contributed by atoms with Crippen LogP contribution in [0.15, 0.2) is 35.6 Å². The van der Waals surface area contributed by atoms with Crippen molar-refractivity contribution in [2.75, 3.05) is 12.3 Å². The summed E-state index contributed by atoms with van der Waals surface area (Å²) in [5.74, 6) is 1.17. The molecule has 2 heterocycles. The number of hydrogen-bond acceptors (Lipinski definition) is 4. The molecule has 3 rings (SSSR count). The Labute approximate surface area is 138 Å². The summed E-state index contributed by atoms with van der Waals surface area (Å²) in [5.41, 5.74) is 2.34. The monoisotopic (exact) mass is 329 g/mol. The van der Waals surface area contributed by atoms with E-state index in [0.717, 1.165) is 24.2 Å². The van der Waals surface area contributed by atoms with Gasteiger partial charge in [-0.15, -0.1) is 5.10 Å². The number of para-hydroxylation sites is 1. The number of hydrogen-bond donors (Lipinski definition) is 3. The highest BCUT2D eigenvalue weighted by molar-refractivity contribution is 7.99. The lowest BCUT2D eigenvalue weighted by Crippen LogP contribution is -2.27. The van der Waals surface area contributed by atoms with Gasteiger partial charge in [0.1, 0.15) is 5.82 Å². The van der Waals surface area contributed by atoms with Gasteiger partial charge in [-0.05, 0) is 18.1 Å². The van der Waals surface area contributed by atoms with Crippen molar-refractivity contribution in [3.8, 4) is 0 Å². The van der Waals surface area contributed by atoms with Gasteiger partial charge in [-0.3, -0.25) is 9.89 Å². The van der Waals surface area contributed by atoms with Crippen LogP contribution in [0.2, 0.25) is 0 Å². The third-order valence-corrected chi connectivity index (χ3v) is 4.42. The van der Waals surface area contributed by atoms with Gasteiger partial charge in [-0.1, -0.05) is 36.9 Å². The Kier molecular flexibility index (Phi) is 4.97. The molecule has 7 heteroatoms. The molecule has 0 spiro atoms. The largest absolute Gasteiger partial charge is 0.361 e. The lowest BCUT2D eigenvalue weighted by molar-refractivity contribution is -0.118. The third-order valence-electron chi connectivity index (χ3n) is 3.57. The maximum absolute atomic E-state index is 11.9. The maximum atomic E-state index is 11.9. The Morgan fingerprint density at radius 3 is 3.04 bits per heavy atom. The molecule has 0 saturated heterocycles. The molecule has 0 saturated carbocycles. The van der Waals surface area contributed by atoms with Gasteiger partial charge in [0.05, 0.1) is 5.75 Å². The molecular formula is C16H19N5OS. The molecular weight excluding hydrogens is 310 g/mol. The number of fused-ring (bicyclic) bond motifs is 1. The minimum atomic E-state index is -0.00214. The Hall–Kier alpha value is -2.28. The van der Waals surface area contributed by atoms with E-state index in [1.807, 2.05) is 25.3 Å². The highest BCUT2D eigenvalue weighted by Crippen LogP contribution is 2.17. The first-order valence-electron chi connectivity index (χ1n) is 7.62. The second-order valence-corrected chi connectivity index (χ2v) is 6.11. The molecule has 0 aliphatic heterocycles. The molecule has 0 atom stereocenters. The Morgan fingerprint density at radius 1 is 1.35 bits per heavy atom. The number of nitrogens with one attached hydrogen (secondary N) is 3. The number of carbonyl (C=O) groups is 1. The van der Waals surface area contributed by atoms with Gasteiger partial charge in [0.15, 0.2) is 0 Å². The number of aryl methyl sites for hydroxylation is 1. The zero-order valence-electron chi connectivity index (χ0n) is 12.9. The smallest absolute Gasteiger partial charge is 0.230 e. The van der Waals surface area contributed by atoms with E-state index in [0.29, 0.717) is 17.5 Å². The molecule has 0 fully saturated rings. The lowest BCUT2D eigenvalue weighted by atomic mass is 10.1. The molecule has 1 aromatic carbocycles. The maximum Gasteiger partial charge on any atom is 0.230 e. The van der Waals surface area contributed by atoms with Crippen LogP contribution in [-0.2, 0) is 17.6 Å². The summed E-state index contributed by atoms with van der Waals surface area (Å²) in [4.78, 5) is 19.4. The standard InChI is InChI=1S/C16H19N5OS/c1-2-14-19-16(21-20-14)23-10-15(22)17-8-7-11-9-18-13-6-4-3-5-12(11)13/h3-6,9,18H,2,7-8,10H2,1H3,(H,17,22)(H,19,20,21). The van der Waals surface area contributed by atoms with E-state index >= 15 is 0 Å². The summed E-state index contributed by atoms with van der Waals surface area (Å²) in [6.07, 6.45) is 3.62. The number of aromatic amines is 2. The van der Waals surface area contributed by atoms with Gasteiger partial charge in [-0.2, -0.15) is 0 Å². The summed E-state index contributed by atoms with van der Waals surface area (Å²) in [5, 5.41) is 11.7. The number of aromatic nitrogens is 4. The fourth-order valence-corrected chi connectivity index (χ4v) is 3.00. The number of amides is 1. The summed E-state index contributed by atoms with van der Waals surface area (Å²) in [7, 11) is 0. The molecule has 1 amide bonds. The van der Waals surface area contributed by atoms with Crippen LogP contribution in [-0.4, -0.2) is 38.4 Å². The Bertz CT molecular complexity index is 794. The van der Waals surface area contributed by atoms with E-state index < -0.39 is 0 Å². The number of thioether (sulfide) groups is 1. The number of nitrogens with zero attached hydrogens (tertiary/aromatic N) is 2. The van der Waals surface area contributed by atoms with Crippen LogP contribution in [0, 0.1) is 0 Å². The van der Waals surface area contributed by atoms with E-state index in [1.165, 1.54) is 22.7 Å². The highest BCUT2D eigenvalue weighted by atomic mass is 32.2.